The van der Waals surface area contributed by atoms with Gasteiger partial charge in [0.15, 0.2) is 0 Å². The van der Waals surface area contributed by atoms with E-state index in [1.54, 1.807) is 0 Å². The molecule has 1 aliphatic rings. The summed E-state index contributed by atoms with van der Waals surface area (Å²) in [6.45, 7) is -5.08. The Kier molecular flexibility index (Phi) is 2.11. The minimum atomic E-state index is -3.32. The van der Waals surface area contributed by atoms with Crippen molar-refractivity contribution in [1.82, 2.24) is 19.9 Å². The van der Waals surface area contributed by atoms with Crippen LogP contribution in [0.25, 0.3) is 11.0 Å². The van der Waals surface area contributed by atoms with E-state index in [0.717, 1.165) is 17.9 Å². The van der Waals surface area contributed by atoms with Crippen LogP contribution in [0, 0.1) is 17.2 Å². The van der Waals surface area contributed by atoms with E-state index in [2.05, 4.69) is 15.0 Å². The highest BCUT2D eigenvalue weighted by atomic mass is 16.2. The number of fused-ring (bicyclic) bond motifs is 1. The summed E-state index contributed by atoms with van der Waals surface area (Å²) in [4.78, 5) is 24.2. The predicted molar refractivity (Wildman–Crippen MR) is 86.7 cm³/mol. The maximum atomic E-state index is 12.8. The quantitative estimate of drug-likeness (QED) is 0.926. The van der Waals surface area contributed by atoms with Crippen molar-refractivity contribution in [3.05, 3.63) is 18.6 Å². The largest absolute Gasteiger partial charge is 0.354 e. The molecule has 0 aromatic carbocycles. The number of nitriles is 1. The van der Waals surface area contributed by atoms with Gasteiger partial charge in [0, 0.05) is 30.4 Å². The van der Waals surface area contributed by atoms with E-state index < -0.39 is 49.9 Å². The van der Waals surface area contributed by atoms with Crippen molar-refractivity contribution >= 4 is 22.8 Å². The van der Waals surface area contributed by atoms with Crippen molar-refractivity contribution < 1.29 is 17.1 Å². The number of H-pyrrole nitrogens is 1. The molecule has 3 rings (SSSR count). The molecule has 7 nitrogen and oxygen atoms in total. The number of carbonyl (C=O) groups excluding carboxylic acids is 1. The molecule has 0 radical (unpaired) electrons. The molecule has 1 fully saturated rings. The Morgan fingerprint density at radius 1 is 1.78 bits per heavy atom. The highest BCUT2D eigenvalue weighted by molar-refractivity contribution is 5.87. The fraction of sp³-hybridized carbons (Fsp3) is 0.500. The summed E-state index contributed by atoms with van der Waals surface area (Å²) in [5.74, 6) is -4.12. The van der Waals surface area contributed by atoms with Crippen LogP contribution in [0.1, 0.15) is 32.1 Å². The molecular formula is C16H20N6O. The van der Waals surface area contributed by atoms with Gasteiger partial charge in [-0.1, -0.05) is 6.92 Å². The Morgan fingerprint density at radius 2 is 2.61 bits per heavy atom. The second-order valence-electron chi connectivity index (χ2n) is 4.90. The predicted octanol–water partition coefficient (Wildman–Crippen LogP) is 1.54. The van der Waals surface area contributed by atoms with Gasteiger partial charge >= 0.3 is 0 Å². The number of aromatic amines is 1. The summed E-state index contributed by atoms with van der Waals surface area (Å²) >= 11 is 0. The summed E-state index contributed by atoms with van der Waals surface area (Å²) in [5.41, 5.74) is 0.211. The molecule has 0 saturated carbocycles. The number of carbonyl (C=O) groups is 1. The Bertz CT molecular complexity index is 1130. The van der Waals surface area contributed by atoms with Gasteiger partial charge < -0.3 is 14.8 Å². The van der Waals surface area contributed by atoms with Gasteiger partial charge in [-0.25, -0.2) is 9.97 Å². The normalized spacial score (nSPS) is 38.3. The zero-order valence-electron chi connectivity index (χ0n) is 21.5. The Labute approximate surface area is 147 Å². The number of piperidine rings is 1. The lowest BCUT2D eigenvalue weighted by atomic mass is 9.92. The zero-order chi connectivity index (χ0) is 24.5. The molecule has 120 valence electrons. The number of anilines is 1. The first-order chi connectivity index (χ1) is 14.4. The van der Waals surface area contributed by atoms with Crippen LogP contribution in [0.15, 0.2) is 18.6 Å². The highest BCUT2D eigenvalue weighted by Crippen LogP contribution is 2.28. The molecule has 3 heterocycles. The Hall–Kier alpha value is -2.62. The number of nitrogens with one attached hydrogen (secondary N) is 1. The van der Waals surface area contributed by atoms with Crippen molar-refractivity contribution in [2.24, 2.45) is 5.89 Å². The fourth-order valence-corrected chi connectivity index (χ4v) is 2.29. The van der Waals surface area contributed by atoms with Crippen molar-refractivity contribution in [2.75, 3.05) is 24.9 Å². The van der Waals surface area contributed by atoms with Gasteiger partial charge in [-0.3, -0.25) is 4.79 Å². The third-order valence-corrected chi connectivity index (χ3v) is 3.43. The number of aromatic nitrogens is 3. The maximum Gasteiger partial charge on any atom is 0.236 e. The lowest BCUT2D eigenvalue weighted by molar-refractivity contribution is -0.131. The first kappa shape index (κ1) is 7.77. The van der Waals surface area contributed by atoms with Gasteiger partial charge in [0.05, 0.1) is 24.3 Å². The van der Waals surface area contributed by atoms with Gasteiger partial charge in [-0.05, 0) is 18.4 Å². The van der Waals surface area contributed by atoms with Crippen LogP contribution >= 0.6 is 0 Å². The number of hydrogen-bond donors (Lipinski definition) is 1. The lowest BCUT2D eigenvalue weighted by Gasteiger charge is -2.42. The van der Waals surface area contributed by atoms with Crippen LogP contribution in [0.2, 0.25) is 0 Å². The highest BCUT2D eigenvalue weighted by Gasteiger charge is 2.32. The number of likely N-dealkylation sites (tertiary alicyclic amines) is 1. The second-order valence-corrected chi connectivity index (χ2v) is 4.90. The summed E-state index contributed by atoms with van der Waals surface area (Å²) in [5, 5.41) is 9.32. The van der Waals surface area contributed by atoms with Crippen LogP contribution in [0.5, 0.6) is 0 Å². The van der Waals surface area contributed by atoms with Gasteiger partial charge in [-0.2, -0.15) is 5.26 Å². The van der Waals surface area contributed by atoms with Gasteiger partial charge in [0.1, 0.15) is 25.5 Å². The van der Waals surface area contributed by atoms with Crippen molar-refractivity contribution in [3.63, 3.8) is 0 Å². The van der Waals surface area contributed by atoms with E-state index in [1.165, 1.54) is 19.3 Å². The minimum absolute atomic E-state index is 0.0971. The first-order valence-corrected chi connectivity index (χ1v) is 6.76. The standard InChI is InChI=1S/C16H20N6O/c1-11-5-8-22(14(23)3-6-17)9-13(11)21(2)16-12-4-7-18-15(12)19-10-20-16/h4,7,10-11,13H,3,5,8-9H2,1-2H3,(H,18,19,20)/t11-,13+/m1/s1/i3D2,8D2,9D2,10D,11D,13D. The molecule has 23 heavy (non-hydrogen) atoms. The van der Waals surface area contributed by atoms with Crippen LogP contribution < -0.4 is 4.90 Å². The van der Waals surface area contributed by atoms with E-state index in [4.69, 9.17) is 17.6 Å². The smallest absolute Gasteiger partial charge is 0.236 e. The molecule has 1 amide bonds. The van der Waals surface area contributed by atoms with Crippen molar-refractivity contribution in [2.45, 2.75) is 25.7 Å². The van der Waals surface area contributed by atoms with E-state index >= 15 is 0 Å². The van der Waals surface area contributed by atoms with E-state index in [-0.39, 0.29) is 16.4 Å². The fourth-order valence-electron chi connectivity index (χ4n) is 2.29. The number of likely N-dealkylation sites (N-methyl/N-ethyl adjacent to an activating group) is 1. The number of amides is 1. The van der Waals surface area contributed by atoms with Crippen LogP contribution in [0.4, 0.5) is 5.82 Å². The number of rotatable bonds is 3. The van der Waals surface area contributed by atoms with Crippen LogP contribution in [-0.4, -0.2) is 51.8 Å². The Morgan fingerprint density at radius 3 is 3.39 bits per heavy atom. The number of hydrogen-bond acceptors (Lipinski definition) is 5. The molecule has 2 aromatic rings. The average molecular weight is 321 g/mol. The zero-order valence-corrected chi connectivity index (χ0v) is 12.5. The molecule has 0 bridgehead atoms. The third-order valence-electron chi connectivity index (χ3n) is 3.43. The summed E-state index contributed by atoms with van der Waals surface area (Å²) < 4.78 is 74.6. The van der Waals surface area contributed by atoms with E-state index in [0.29, 0.717) is 5.39 Å². The molecular weight excluding hydrogens is 292 g/mol. The molecule has 0 unspecified atom stereocenters. The molecule has 7 heteroatoms. The molecule has 1 saturated heterocycles. The minimum Gasteiger partial charge on any atom is -0.354 e. The van der Waals surface area contributed by atoms with Gasteiger partial charge in [0.25, 0.3) is 0 Å². The third kappa shape index (κ3) is 2.84. The van der Waals surface area contributed by atoms with Crippen LogP contribution in [-0.2, 0) is 4.79 Å². The summed E-state index contributed by atoms with van der Waals surface area (Å²) in [6, 6.07) is -0.149. The summed E-state index contributed by atoms with van der Waals surface area (Å²) in [7, 11) is 1.22. The molecule has 0 spiro atoms. The van der Waals surface area contributed by atoms with Crippen LogP contribution in [0.3, 0.4) is 0 Å². The van der Waals surface area contributed by atoms with Crippen molar-refractivity contribution in [3.8, 4) is 6.07 Å². The van der Waals surface area contributed by atoms with Gasteiger partial charge in [0.2, 0.25) is 5.91 Å². The average Bonchev–Trinajstić information content (AvgIpc) is 3.11. The molecule has 2 atom stereocenters. The topological polar surface area (TPSA) is 88.9 Å². The lowest BCUT2D eigenvalue weighted by Crippen LogP contribution is -2.52. The first-order valence-electron chi connectivity index (χ1n) is 11.3. The summed E-state index contributed by atoms with van der Waals surface area (Å²) in [6.07, 6.45) is -3.11. The van der Waals surface area contributed by atoms with Gasteiger partial charge in [-0.15, -0.1) is 0 Å². The maximum absolute atomic E-state index is 12.8. The molecule has 0 aliphatic carbocycles. The van der Waals surface area contributed by atoms with Crippen molar-refractivity contribution in [1.29, 1.82) is 5.26 Å². The van der Waals surface area contributed by atoms with E-state index in [1.807, 2.05) is 0 Å². The van der Waals surface area contributed by atoms with E-state index in [9.17, 15) is 4.79 Å². The monoisotopic (exact) mass is 321 g/mol. The second kappa shape index (κ2) is 6.24. The molecule has 1 N–H and O–H groups in total. The Balaban J connectivity index is 2.28. The molecule has 1 aliphatic heterocycles. The molecule has 2 aromatic heterocycles. The number of nitrogens with zero attached hydrogens (tertiary/aromatic N) is 5. The SMILES string of the molecule is [2H]c1nc(N(C)[C@@]2([2H])C([2H])([2H])N(C(=O)C([2H])([2H])C#N)C([2H])([2H])C[C@@]2([2H])C)c2cc[nH]c2n1.